The van der Waals surface area contributed by atoms with Crippen LogP contribution in [-0.2, 0) is 11.0 Å². The summed E-state index contributed by atoms with van der Waals surface area (Å²) in [6, 6.07) is 8.51. The Morgan fingerprint density at radius 2 is 1.97 bits per heavy atom. The summed E-state index contributed by atoms with van der Waals surface area (Å²) >= 11 is 0. The number of rotatable bonds is 5. The number of carbonyl (C=O) groups is 2. The standard InChI is InChI=1S/C21H22F3N3O3/c1-13(14-5-3-6-15(11-14)21(22,23)24)25-20(29)26-16-8-9-17(18(12-16)30-2)27-10-4-7-19(27)28/h3,5-6,8-9,11-13H,4,7,10H2,1-2H3,(H2,25,26,29). The second-order valence-electron chi connectivity index (χ2n) is 6.98. The largest absolute Gasteiger partial charge is 0.494 e. The summed E-state index contributed by atoms with van der Waals surface area (Å²) in [6.45, 7) is 2.20. The first kappa shape index (κ1) is 21.5. The lowest BCUT2D eigenvalue weighted by Crippen LogP contribution is -2.31. The number of urea groups is 1. The summed E-state index contributed by atoms with van der Waals surface area (Å²) in [7, 11) is 1.47. The van der Waals surface area contributed by atoms with Gasteiger partial charge in [-0.3, -0.25) is 4.79 Å². The van der Waals surface area contributed by atoms with E-state index in [1.54, 1.807) is 30.0 Å². The predicted molar refractivity (Wildman–Crippen MR) is 107 cm³/mol. The van der Waals surface area contributed by atoms with Crippen molar-refractivity contribution < 1.29 is 27.5 Å². The van der Waals surface area contributed by atoms with Gasteiger partial charge in [0.25, 0.3) is 0 Å². The van der Waals surface area contributed by atoms with E-state index in [1.807, 2.05) is 0 Å². The molecule has 1 aliphatic heterocycles. The smallest absolute Gasteiger partial charge is 0.416 e. The number of halogens is 3. The van der Waals surface area contributed by atoms with Crippen LogP contribution in [0.15, 0.2) is 42.5 Å². The highest BCUT2D eigenvalue weighted by molar-refractivity contribution is 5.97. The van der Waals surface area contributed by atoms with E-state index >= 15 is 0 Å². The first-order valence-electron chi connectivity index (χ1n) is 9.42. The fraction of sp³-hybridized carbons (Fsp3) is 0.333. The molecule has 0 spiro atoms. The van der Waals surface area contributed by atoms with Gasteiger partial charge < -0.3 is 20.3 Å². The van der Waals surface area contributed by atoms with E-state index in [0.29, 0.717) is 35.7 Å². The van der Waals surface area contributed by atoms with Crippen LogP contribution in [0.2, 0.25) is 0 Å². The van der Waals surface area contributed by atoms with Crippen molar-refractivity contribution in [2.24, 2.45) is 0 Å². The van der Waals surface area contributed by atoms with E-state index in [2.05, 4.69) is 10.6 Å². The minimum atomic E-state index is -4.45. The molecule has 2 N–H and O–H groups in total. The van der Waals surface area contributed by atoms with E-state index < -0.39 is 23.8 Å². The van der Waals surface area contributed by atoms with E-state index in [-0.39, 0.29) is 5.91 Å². The molecule has 0 aliphatic carbocycles. The quantitative estimate of drug-likeness (QED) is 0.734. The number of hydrogen-bond donors (Lipinski definition) is 2. The monoisotopic (exact) mass is 421 g/mol. The molecule has 1 unspecified atom stereocenters. The number of benzene rings is 2. The Bertz CT molecular complexity index is 947. The Kier molecular flexibility index (Phi) is 6.19. The van der Waals surface area contributed by atoms with E-state index in [9.17, 15) is 22.8 Å². The van der Waals surface area contributed by atoms with Crippen LogP contribution >= 0.6 is 0 Å². The van der Waals surface area contributed by atoms with Gasteiger partial charge in [0.05, 0.1) is 24.4 Å². The molecule has 1 fully saturated rings. The van der Waals surface area contributed by atoms with Crippen molar-refractivity contribution in [2.75, 3.05) is 23.9 Å². The van der Waals surface area contributed by atoms with Crippen LogP contribution in [0.4, 0.5) is 29.3 Å². The number of amides is 3. The third kappa shape index (κ3) is 4.84. The lowest BCUT2D eigenvalue weighted by Gasteiger charge is -2.20. The van der Waals surface area contributed by atoms with E-state index in [1.165, 1.54) is 19.2 Å². The average Bonchev–Trinajstić information content (AvgIpc) is 3.13. The minimum absolute atomic E-state index is 0.0154. The highest BCUT2D eigenvalue weighted by atomic mass is 19.4. The fourth-order valence-electron chi connectivity index (χ4n) is 3.31. The summed E-state index contributed by atoms with van der Waals surface area (Å²) in [5, 5.41) is 5.25. The molecule has 160 valence electrons. The lowest BCUT2D eigenvalue weighted by molar-refractivity contribution is -0.137. The third-order valence-corrected chi connectivity index (χ3v) is 4.86. The highest BCUT2D eigenvalue weighted by Gasteiger charge is 2.31. The molecule has 1 aliphatic rings. The predicted octanol–water partition coefficient (Wildman–Crippen LogP) is 4.72. The minimum Gasteiger partial charge on any atom is -0.494 e. The summed E-state index contributed by atoms with van der Waals surface area (Å²) in [5.41, 5.74) is 0.616. The summed E-state index contributed by atoms with van der Waals surface area (Å²) in [4.78, 5) is 25.9. The zero-order valence-electron chi connectivity index (χ0n) is 16.5. The normalized spacial score (nSPS) is 15.1. The highest BCUT2D eigenvalue weighted by Crippen LogP contribution is 2.34. The van der Waals surface area contributed by atoms with Crippen LogP contribution in [0.1, 0.15) is 36.9 Å². The maximum atomic E-state index is 12.9. The summed E-state index contributed by atoms with van der Waals surface area (Å²) in [5.74, 6) is 0.454. The molecule has 1 atom stereocenters. The van der Waals surface area contributed by atoms with Gasteiger partial charge in [-0.2, -0.15) is 13.2 Å². The number of ether oxygens (including phenoxy) is 1. The van der Waals surface area contributed by atoms with Gasteiger partial charge >= 0.3 is 12.2 Å². The Balaban J connectivity index is 1.68. The van der Waals surface area contributed by atoms with Gasteiger partial charge in [0.1, 0.15) is 5.75 Å². The lowest BCUT2D eigenvalue weighted by atomic mass is 10.1. The molecule has 2 aromatic carbocycles. The molecule has 6 nitrogen and oxygen atoms in total. The Hall–Kier alpha value is -3.23. The molecule has 1 saturated heterocycles. The first-order chi connectivity index (χ1) is 14.2. The zero-order chi connectivity index (χ0) is 21.9. The van der Waals surface area contributed by atoms with Crippen molar-refractivity contribution in [1.82, 2.24) is 5.32 Å². The fourth-order valence-corrected chi connectivity index (χ4v) is 3.31. The number of anilines is 2. The number of hydrogen-bond acceptors (Lipinski definition) is 3. The number of methoxy groups -OCH3 is 1. The van der Waals surface area contributed by atoms with Gasteiger partial charge in [-0.1, -0.05) is 12.1 Å². The van der Waals surface area contributed by atoms with Crippen molar-refractivity contribution >= 4 is 23.3 Å². The molecule has 1 heterocycles. The molecule has 0 bridgehead atoms. The van der Waals surface area contributed by atoms with Gasteiger partial charge in [-0.25, -0.2) is 4.79 Å². The van der Waals surface area contributed by atoms with Crippen LogP contribution in [0.25, 0.3) is 0 Å². The van der Waals surface area contributed by atoms with Crippen LogP contribution in [-0.4, -0.2) is 25.6 Å². The number of carbonyl (C=O) groups excluding carboxylic acids is 2. The SMILES string of the molecule is COc1cc(NC(=O)NC(C)c2cccc(C(F)(F)F)c2)ccc1N1CCCC1=O. The van der Waals surface area contributed by atoms with Crippen LogP contribution < -0.4 is 20.3 Å². The van der Waals surface area contributed by atoms with Crippen LogP contribution in [0, 0.1) is 0 Å². The molecule has 3 rings (SSSR count). The molecule has 3 amide bonds. The van der Waals surface area contributed by atoms with Crippen molar-refractivity contribution in [1.29, 1.82) is 0 Å². The average molecular weight is 421 g/mol. The van der Waals surface area contributed by atoms with Crippen LogP contribution in [0.3, 0.4) is 0 Å². The third-order valence-electron chi connectivity index (χ3n) is 4.86. The second kappa shape index (κ2) is 8.64. The molecule has 2 aromatic rings. The van der Waals surface area contributed by atoms with Gasteiger partial charge in [0.2, 0.25) is 5.91 Å². The van der Waals surface area contributed by atoms with Gasteiger partial charge in [-0.15, -0.1) is 0 Å². The maximum Gasteiger partial charge on any atom is 0.416 e. The van der Waals surface area contributed by atoms with Gasteiger partial charge in [0, 0.05) is 24.7 Å². The number of nitrogens with zero attached hydrogens (tertiary/aromatic N) is 1. The van der Waals surface area contributed by atoms with Crippen molar-refractivity contribution in [3.05, 3.63) is 53.6 Å². The van der Waals surface area contributed by atoms with E-state index in [0.717, 1.165) is 18.6 Å². The van der Waals surface area contributed by atoms with Crippen molar-refractivity contribution in [2.45, 2.75) is 32.0 Å². The maximum absolute atomic E-state index is 12.9. The van der Waals surface area contributed by atoms with Crippen LogP contribution in [0.5, 0.6) is 5.75 Å². The topological polar surface area (TPSA) is 70.7 Å². The molecule has 0 radical (unpaired) electrons. The second-order valence-corrected chi connectivity index (χ2v) is 6.98. The Morgan fingerprint density at radius 1 is 1.20 bits per heavy atom. The number of nitrogens with one attached hydrogen (secondary N) is 2. The Morgan fingerprint density at radius 3 is 2.60 bits per heavy atom. The molecular weight excluding hydrogens is 399 g/mol. The van der Waals surface area contributed by atoms with Crippen molar-refractivity contribution in [3.8, 4) is 5.75 Å². The Labute approximate surface area is 172 Å². The van der Waals surface area contributed by atoms with Gasteiger partial charge in [-0.05, 0) is 43.2 Å². The van der Waals surface area contributed by atoms with Crippen molar-refractivity contribution in [3.63, 3.8) is 0 Å². The molecular formula is C21H22F3N3O3. The van der Waals surface area contributed by atoms with E-state index in [4.69, 9.17) is 4.74 Å². The molecule has 0 aromatic heterocycles. The first-order valence-corrected chi connectivity index (χ1v) is 9.42. The summed E-state index contributed by atoms with van der Waals surface area (Å²) in [6.07, 6.45) is -3.19. The molecule has 9 heteroatoms. The number of alkyl halides is 3. The molecule has 0 saturated carbocycles. The summed E-state index contributed by atoms with van der Waals surface area (Å²) < 4.78 is 44.0. The van der Waals surface area contributed by atoms with Gasteiger partial charge in [0.15, 0.2) is 0 Å². The zero-order valence-corrected chi connectivity index (χ0v) is 16.5. The molecule has 30 heavy (non-hydrogen) atoms.